The van der Waals surface area contributed by atoms with Crippen LogP contribution < -0.4 is 15.2 Å². The first kappa shape index (κ1) is 15.8. The van der Waals surface area contributed by atoms with E-state index in [2.05, 4.69) is 20.9 Å². The highest BCUT2D eigenvalue weighted by Crippen LogP contribution is 2.32. The maximum Gasteiger partial charge on any atom is 0.164 e. The summed E-state index contributed by atoms with van der Waals surface area (Å²) in [6.45, 7) is 3.52. The molecule has 5 heteroatoms. The number of nitrogens with zero attached hydrogens (tertiary/aromatic N) is 1. The Kier molecular flexibility index (Phi) is 6.02. The molecule has 2 rings (SSSR count). The first-order valence-corrected chi connectivity index (χ1v) is 7.72. The Morgan fingerprint density at radius 2 is 2.05 bits per heavy atom. The van der Waals surface area contributed by atoms with Gasteiger partial charge in [-0.05, 0) is 59.6 Å². The number of rotatable bonds is 7. The quantitative estimate of drug-likeness (QED) is 0.831. The van der Waals surface area contributed by atoms with E-state index in [1.807, 2.05) is 37.3 Å². The molecule has 0 radical (unpaired) electrons. The molecule has 0 saturated heterocycles. The number of hydrogen-bond donors (Lipinski definition) is 1. The topological polar surface area (TPSA) is 57.4 Å². The first-order valence-electron chi connectivity index (χ1n) is 6.92. The van der Waals surface area contributed by atoms with Crippen molar-refractivity contribution in [1.29, 1.82) is 0 Å². The Labute approximate surface area is 133 Å². The molecule has 0 aliphatic heterocycles. The van der Waals surface area contributed by atoms with E-state index in [4.69, 9.17) is 15.2 Å². The van der Waals surface area contributed by atoms with Gasteiger partial charge in [-0.1, -0.05) is 12.1 Å². The number of halogens is 1. The van der Waals surface area contributed by atoms with Crippen LogP contribution in [0.1, 0.15) is 18.2 Å². The second kappa shape index (κ2) is 8.00. The zero-order valence-electron chi connectivity index (χ0n) is 12.0. The van der Waals surface area contributed by atoms with Gasteiger partial charge in [0.1, 0.15) is 6.61 Å². The molecule has 0 bridgehead atoms. The summed E-state index contributed by atoms with van der Waals surface area (Å²) in [5.41, 5.74) is 7.58. The van der Waals surface area contributed by atoms with Gasteiger partial charge in [-0.3, -0.25) is 4.98 Å². The summed E-state index contributed by atoms with van der Waals surface area (Å²) < 4.78 is 12.5. The molecule has 0 fully saturated rings. The van der Waals surface area contributed by atoms with E-state index in [1.165, 1.54) is 0 Å². The Balaban J connectivity index is 2.17. The van der Waals surface area contributed by atoms with Gasteiger partial charge in [-0.2, -0.15) is 0 Å². The molecule has 2 N–H and O–H groups in total. The number of benzene rings is 1. The van der Waals surface area contributed by atoms with Crippen LogP contribution in [0.25, 0.3) is 0 Å². The summed E-state index contributed by atoms with van der Waals surface area (Å²) >= 11 is 3.37. The summed E-state index contributed by atoms with van der Waals surface area (Å²) in [5.74, 6) is 1.51. The van der Waals surface area contributed by atoms with Crippen molar-refractivity contribution in [3.8, 4) is 11.5 Å². The van der Waals surface area contributed by atoms with Crippen LogP contribution in [-0.4, -0.2) is 18.1 Å². The third-order valence-electron chi connectivity index (χ3n) is 2.93. The summed E-state index contributed by atoms with van der Waals surface area (Å²) in [5, 5.41) is 0. The summed E-state index contributed by atoms with van der Waals surface area (Å²) in [7, 11) is 0. The van der Waals surface area contributed by atoms with Gasteiger partial charge in [-0.25, -0.2) is 0 Å². The normalized spacial score (nSPS) is 10.4. The van der Waals surface area contributed by atoms with Gasteiger partial charge in [0.05, 0.1) is 12.3 Å². The molecule has 1 aromatic heterocycles. The van der Waals surface area contributed by atoms with E-state index in [1.54, 1.807) is 6.20 Å². The fourth-order valence-corrected chi connectivity index (χ4v) is 2.22. The molecule has 0 spiro atoms. The smallest absolute Gasteiger partial charge is 0.164 e. The number of nitrogens with two attached hydrogens (primary N) is 1. The highest BCUT2D eigenvalue weighted by molar-refractivity contribution is 9.10. The number of pyridine rings is 1. The fourth-order valence-electron chi connectivity index (χ4n) is 1.98. The molecule has 0 aliphatic carbocycles. The minimum Gasteiger partial charge on any atom is -0.490 e. The zero-order chi connectivity index (χ0) is 15.1. The Bertz CT molecular complexity index is 549. The minimum absolute atomic E-state index is 0.398. The fraction of sp³-hybridized carbons (Fsp3) is 0.312. The molecular formula is C16H19BrN2O2. The third kappa shape index (κ3) is 4.44. The molecule has 1 heterocycles. The van der Waals surface area contributed by atoms with Crippen LogP contribution in [-0.2, 0) is 13.0 Å². The minimum atomic E-state index is 0.398. The maximum absolute atomic E-state index is 5.94. The number of aromatic nitrogens is 1. The van der Waals surface area contributed by atoms with E-state index in [0.29, 0.717) is 19.8 Å². The molecule has 0 atom stereocenters. The lowest BCUT2D eigenvalue weighted by atomic mass is 10.1. The highest BCUT2D eigenvalue weighted by atomic mass is 79.9. The average Bonchev–Trinajstić information content (AvgIpc) is 2.49. The standard InChI is InChI=1S/C16H19BrN2O2/c1-2-20-15-5-3-4-12(8-9-18)16(15)21-11-14-7-6-13(17)10-19-14/h3-7,10H,2,8-9,11,18H2,1H3. The number of ether oxygens (including phenoxy) is 2. The number of hydrogen-bond acceptors (Lipinski definition) is 4. The molecule has 0 amide bonds. The van der Waals surface area contributed by atoms with Crippen LogP contribution in [0.15, 0.2) is 41.0 Å². The van der Waals surface area contributed by atoms with Crippen LogP contribution in [0.2, 0.25) is 0 Å². The predicted molar refractivity (Wildman–Crippen MR) is 86.6 cm³/mol. The largest absolute Gasteiger partial charge is 0.490 e. The van der Waals surface area contributed by atoms with Crippen LogP contribution in [0.3, 0.4) is 0 Å². The van der Waals surface area contributed by atoms with Gasteiger partial charge in [-0.15, -0.1) is 0 Å². The van der Waals surface area contributed by atoms with Crippen molar-refractivity contribution in [1.82, 2.24) is 4.98 Å². The van der Waals surface area contributed by atoms with Crippen molar-refractivity contribution < 1.29 is 9.47 Å². The van der Waals surface area contributed by atoms with Crippen LogP contribution in [0.4, 0.5) is 0 Å². The van der Waals surface area contributed by atoms with Gasteiger partial charge < -0.3 is 15.2 Å². The number of para-hydroxylation sites is 1. The molecule has 2 aromatic rings. The highest BCUT2D eigenvalue weighted by Gasteiger charge is 2.11. The van der Waals surface area contributed by atoms with Crippen LogP contribution >= 0.6 is 15.9 Å². The lowest BCUT2D eigenvalue weighted by molar-refractivity contribution is 0.264. The predicted octanol–water partition coefficient (Wildman–Crippen LogP) is 3.32. The molecule has 0 saturated carbocycles. The molecule has 1 aromatic carbocycles. The van der Waals surface area contributed by atoms with Crippen molar-refractivity contribution >= 4 is 15.9 Å². The van der Waals surface area contributed by atoms with Crippen LogP contribution in [0.5, 0.6) is 11.5 Å². The summed E-state index contributed by atoms with van der Waals surface area (Å²) in [4.78, 5) is 4.31. The van der Waals surface area contributed by atoms with Gasteiger partial charge >= 0.3 is 0 Å². The lowest BCUT2D eigenvalue weighted by Gasteiger charge is -2.15. The second-order valence-electron chi connectivity index (χ2n) is 4.47. The van der Waals surface area contributed by atoms with E-state index in [0.717, 1.165) is 33.6 Å². The van der Waals surface area contributed by atoms with Crippen LogP contribution in [0, 0.1) is 0 Å². The van der Waals surface area contributed by atoms with Crippen molar-refractivity contribution in [3.05, 3.63) is 52.3 Å². The van der Waals surface area contributed by atoms with Crippen molar-refractivity contribution in [2.24, 2.45) is 5.73 Å². The van der Waals surface area contributed by atoms with Gasteiger partial charge in [0.25, 0.3) is 0 Å². The van der Waals surface area contributed by atoms with Crippen molar-refractivity contribution in [2.45, 2.75) is 20.0 Å². The van der Waals surface area contributed by atoms with Crippen molar-refractivity contribution in [2.75, 3.05) is 13.2 Å². The summed E-state index contributed by atoms with van der Waals surface area (Å²) in [6, 6.07) is 9.76. The molecule has 4 nitrogen and oxygen atoms in total. The van der Waals surface area contributed by atoms with E-state index >= 15 is 0 Å². The average molecular weight is 351 g/mol. The third-order valence-corrected chi connectivity index (χ3v) is 3.40. The Morgan fingerprint density at radius 3 is 2.71 bits per heavy atom. The molecule has 112 valence electrons. The molecular weight excluding hydrogens is 332 g/mol. The lowest BCUT2D eigenvalue weighted by Crippen LogP contribution is -2.07. The van der Waals surface area contributed by atoms with Gasteiger partial charge in [0.2, 0.25) is 0 Å². The van der Waals surface area contributed by atoms with E-state index < -0.39 is 0 Å². The van der Waals surface area contributed by atoms with Crippen molar-refractivity contribution in [3.63, 3.8) is 0 Å². The first-order chi connectivity index (χ1) is 10.2. The monoisotopic (exact) mass is 350 g/mol. The van der Waals surface area contributed by atoms with Gasteiger partial charge in [0.15, 0.2) is 11.5 Å². The van der Waals surface area contributed by atoms with E-state index in [-0.39, 0.29) is 0 Å². The summed E-state index contributed by atoms with van der Waals surface area (Å²) in [6.07, 6.45) is 2.51. The van der Waals surface area contributed by atoms with Gasteiger partial charge in [0, 0.05) is 10.7 Å². The Hall–Kier alpha value is -1.59. The zero-order valence-corrected chi connectivity index (χ0v) is 13.6. The maximum atomic E-state index is 5.94. The SMILES string of the molecule is CCOc1cccc(CCN)c1OCc1ccc(Br)cn1. The second-order valence-corrected chi connectivity index (χ2v) is 5.39. The van der Waals surface area contributed by atoms with E-state index in [9.17, 15) is 0 Å². The Morgan fingerprint density at radius 1 is 1.19 bits per heavy atom. The molecule has 21 heavy (non-hydrogen) atoms. The molecule has 0 unspecified atom stereocenters. The molecule has 0 aliphatic rings.